The van der Waals surface area contributed by atoms with Gasteiger partial charge in [0.2, 0.25) is 0 Å². The normalized spacial score (nSPS) is 29.2. The number of hydrogen-bond acceptors (Lipinski definition) is 7. The lowest BCUT2D eigenvalue weighted by molar-refractivity contribution is 0.108. The SMILES string of the molecule is Fc1c(-c2ccccc2[C@@H]2C[C@H]2F)ncc2c(N3CC4CCC(C3)N4)nc(OCC34CCCN3CCC4)nc12. The third-order valence-corrected chi connectivity index (χ3v) is 9.77. The molecule has 39 heavy (non-hydrogen) atoms. The van der Waals surface area contributed by atoms with Crippen molar-refractivity contribution in [2.24, 2.45) is 0 Å². The third kappa shape index (κ3) is 3.99. The van der Waals surface area contributed by atoms with E-state index in [0.29, 0.717) is 41.9 Å². The van der Waals surface area contributed by atoms with Crippen LogP contribution in [0.3, 0.4) is 0 Å². The molecule has 1 saturated carbocycles. The maximum atomic E-state index is 16.4. The van der Waals surface area contributed by atoms with E-state index in [4.69, 9.17) is 9.72 Å². The van der Waals surface area contributed by atoms with Gasteiger partial charge in [-0.15, -0.1) is 0 Å². The summed E-state index contributed by atoms with van der Waals surface area (Å²) in [6.07, 6.45) is 8.15. The Morgan fingerprint density at radius 2 is 1.79 bits per heavy atom. The molecule has 204 valence electrons. The van der Waals surface area contributed by atoms with Crippen LogP contribution in [0, 0.1) is 5.82 Å². The fourth-order valence-corrected chi connectivity index (χ4v) is 7.67. The predicted molar refractivity (Wildman–Crippen MR) is 145 cm³/mol. The molecular weight excluding hydrogens is 498 g/mol. The first kappa shape index (κ1) is 23.9. The van der Waals surface area contributed by atoms with Crippen molar-refractivity contribution >= 4 is 16.7 Å². The number of halogens is 2. The van der Waals surface area contributed by atoms with E-state index in [-0.39, 0.29) is 28.7 Å². The van der Waals surface area contributed by atoms with Crippen LogP contribution >= 0.6 is 0 Å². The summed E-state index contributed by atoms with van der Waals surface area (Å²) in [5.74, 6) is -0.00344. The molecule has 2 aromatic heterocycles. The highest BCUT2D eigenvalue weighted by molar-refractivity contribution is 5.92. The average Bonchev–Trinajstić information content (AvgIpc) is 3.22. The molecule has 2 bridgehead atoms. The number of nitrogens with zero attached hydrogens (tertiary/aromatic N) is 5. The lowest BCUT2D eigenvalue weighted by Gasteiger charge is -2.34. The second-order valence-electron chi connectivity index (χ2n) is 12.2. The minimum Gasteiger partial charge on any atom is -0.461 e. The number of benzene rings is 1. The van der Waals surface area contributed by atoms with Gasteiger partial charge >= 0.3 is 6.01 Å². The molecule has 7 nitrogen and oxygen atoms in total. The van der Waals surface area contributed by atoms with Gasteiger partial charge < -0.3 is 15.0 Å². The van der Waals surface area contributed by atoms with Crippen molar-refractivity contribution in [3.05, 3.63) is 41.8 Å². The molecule has 9 heteroatoms. The molecule has 5 aliphatic rings. The van der Waals surface area contributed by atoms with Gasteiger partial charge in [0.05, 0.1) is 10.9 Å². The zero-order valence-electron chi connectivity index (χ0n) is 22.1. The highest BCUT2D eigenvalue weighted by Gasteiger charge is 2.45. The number of piperazine rings is 1. The summed E-state index contributed by atoms with van der Waals surface area (Å²) in [7, 11) is 0. The molecule has 1 N–H and O–H groups in total. The minimum absolute atomic E-state index is 0.0424. The van der Waals surface area contributed by atoms with Crippen molar-refractivity contribution in [2.75, 3.05) is 37.7 Å². The van der Waals surface area contributed by atoms with Gasteiger partial charge in [-0.05, 0) is 63.6 Å². The van der Waals surface area contributed by atoms with Gasteiger partial charge in [-0.25, -0.2) is 8.78 Å². The monoisotopic (exact) mass is 532 g/mol. The number of rotatable bonds is 6. The standard InChI is InChI=1S/C30H34F2N6O/c31-24-13-22(24)20-5-1-2-6-21(20)26-25(32)27-23(14-33-26)28(37-15-18-7-8-19(16-37)34-18)36-29(35-27)39-17-30-9-3-11-38(30)12-4-10-30/h1-2,5-6,14,18-19,22,24,34H,3-4,7-13,15-17H2/t18?,19?,22-,24+/m0/s1. The van der Waals surface area contributed by atoms with Crippen molar-refractivity contribution in [2.45, 2.75) is 74.7 Å². The van der Waals surface area contributed by atoms with E-state index in [2.05, 4.69) is 25.1 Å². The van der Waals surface area contributed by atoms with Crippen LogP contribution in [0.4, 0.5) is 14.6 Å². The number of nitrogens with one attached hydrogen (secondary N) is 1. The van der Waals surface area contributed by atoms with Crippen molar-refractivity contribution in [3.8, 4) is 17.3 Å². The molecule has 1 aromatic carbocycles. The van der Waals surface area contributed by atoms with E-state index in [1.54, 1.807) is 6.20 Å². The van der Waals surface area contributed by atoms with Gasteiger partial charge in [-0.3, -0.25) is 9.88 Å². The predicted octanol–water partition coefficient (Wildman–Crippen LogP) is 4.60. The number of ether oxygens (including phenoxy) is 1. The van der Waals surface area contributed by atoms with Crippen LogP contribution in [0.15, 0.2) is 30.5 Å². The number of alkyl halides is 1. The summed E-state index contributed by atoms with van der Waals surface area (Å²) in [6.45, 7) is 4.37. The molecule has 6 heterocycles. The van der Waals surface area contributed by atoms with Gasteiger partial charge in [0, 0.05) is 42.9 Å². The van der Waals surface area contributed by atoms with Crippen molar-refractivity contribution in [1.82, 2.24) is 25.2 Å². The molecule has 4 saturated heterocycles. The Kier molecular flexibility index (Phi) is 5.56. The molecule has 8 rings (SSSR count). The zero-order valence-corrected chi connectivity index (χ0v) is 22.1. The lowest BCUT2D eigenvalue weighted by atomic mass is 9.95. The third-order valence-electron chi connectivity index (χ3n) is 9.77. The quantitative estimate of drug-likeness (QED) is 0.498. The molecule has 5 fully saturated rings. The lowest BCUT2D eigenvalue weighted by Crippen LogP contribution is -2.51. The van der Waals surface area contributed by atoms with Crippen molar-refractivity contribution < 1.29 is 13.5 Å². The molecule has 0 spiro atoms. The van der Waals surface area contributed by atoms with E-state index in [1.165, 1.54) is 12.8 Å². The smallest absolute Gasteiger partial charge is 0.319 e. The highest BCUT2D eigenvalue weighted by Crippen LogP contribution is 2.47. The van der Waals surface area contributed by atoms with E-state index in [9.17, 15) is 4.39 Å². The number of fused-ring (bicyclic) bond motifs is 4. The van der Waals surface area contributed by atoms with Crippen LogP contribution in [0.2, 0.25) is 0 Å². The minimum atomic E-state index is -0.878. The van der Waals surface area contributed by atoms with Crippen LogP contribution < -0.4 is 15.0 Å². The fraction of sp³-hybridized carbons (Fsp3) is 0.567. The Bertz CT molecular complexity index is 1410. The van der Waals surface area contributed by atoms with Gasteiger partial charge in [0.25, 0.3) is 0 Å². The molecule has 2 unspecified atom stereocenters. The molecule has 0 radical (unpaired) electrons. The molecule has 4 atom stereocenters. The summed E-state index contributed by atoms with van der Waals surface area (Å²) in [6, 6.07) is 8.48. The number of anilines is 1. The van der Waals surface area contributed by atoms with E-state index < -0.39 is 12.0 Å². The van der Waals surface area contributed by atoms with Crippen LogP contribution in [-0.2, 0) is 0 Å². The first-order chi connectivity index (χ1) is 19.1. The summed E-state index contributed by atoms with van der Waals surface area (Å²) >= 11 is 0. The number of hydrogen-bond donors (Lipinski definition) is 1. The summed E-state index contributed by atoms with van der Waals surface area (Å²) in [5.41, 5.74) is 1.92. The fourth-order valence-electron chi connectivity index (χ4n) is 7.67. The Hall–Kier alpha value is -2.91. The highest BCUT2D eigenvalue weighted by atomic mass is 19.1. The maximum absolute atomic E-state index is 16.4. The van der Waals surface area contributed by atoms with Crippen LogP contribution in [-0.4, -0.2) is 76.4 Å². The van der Waals surface area contributed by atoms with E-state index in [0.717, 1.165) is 57.4 Å². The van der Waals surface area contributed by atoms with Gasteiger partial charge in [0.1, 0.15) is 29.8 Å². The Balaban J connectivity index is 1.22. The summed E-state index contributed by atoms with van der Waals surface area (Å²) < 4.78 is 36.8. The average molecular weight is 533 g/mol. The van der Waals surface area contributed by atoms with Gasteiger partial charge in [0.15, 0.2) is 5.82 Å². The number of aromatic nitrogens is 3. The topological polar surface area (TPSA) is 66.4 Å². The molecule has 0 amide bonds. The van der Waals surface area contributed by atoms with Crippen LogP contribution in [0.25, 0.3) is 22.2 Å². The second kappa shape index (κ2) is 9.06. The number of pyridine rings is 1. The molecule has 3 aromatic rings. The molecule has 1 aliphatic carbocycles. The maximum Gasteiger partial charge on any atom is 0.319 e. The Morgan fingerprint density at radius 3 is 2.54 bits per heavy atom. The second-order valence-corrected chi connectivity index (χ2v) is 12.2. The first-order valence-corrected chi connectivity index (χ1v) is 14.6. The summed E-state index contributed by atoms with van der Waals surface area (Å²) in [4.78, 5) is 18.9. The van der Waals surface area contributed by atoms with E-state index >= 15 is 4.39 Å². The van der Waals surface area contributed by atoms with Gasteiger partial charge in [-0.2, -0.15) is 9.97 Å². The van der Waals surface area contributed by atoms with Gasteiger partial charge in [-0.1, -0.05) is 24.3 Å². The first-order valence-electron chi connectivity index (χ1n) is 14.6. The Morgan fingerprint density at radius 1 is 1.05 bits per heavy atom. The largest absolute Gasteiger partial charge is 0.461 e. The van der Waals surface area contributed by atoms with Crippen LogP contribution in [0.5, 0.6) is 6.01 Å². The van der Waals surface area contributed by atoms with Crippen LogP contribution in [0.1, 0.15) is 56.4 Å². The molecular formula is C30H34F2N6O. The summed E-state index contributed by atoms with van der Waals surface area (Å²) in [5, 5.41) is 4.26. The van der Waals surface area contributed by atoms with E-state index in [1.807, 2.05) is 24.3 Å². The van der Waals surface area contributed by atoms with Crippen molar-refractivity contribution in [3.63, 3.8) is 0 Å². The zero-order chi connectivity index (χ0) is 26.1. The van der Waals surface area contributed by atoms with Crippen molar-refractivity contribution in [1.29, 1.82) is 0 Å². The Labute approximate surface area is 227 Å². The molecule has 4 aliphatic heterocycles.